The Bertz CT molecular complexity index is 2010. The van der Waals surface area contributed by atoms with Crippen molar-refractivity contribution >= 4 is 16.7 Å². The van der Waals surface area contributed by atoms with Crippen LogP contribution in [0.4, 0.5) is 0 Å². The summed E-state index contributed by atoms with van der Waals surface area (Å²) < 4.78 is 6.19. The first kappa shape index (κ1) is 22.8. The zero-order valence-corrected chi connectivity index (χ0v) is 22.8. The maximum absolute atomic E-state index is 6.19. The number of para-hydroxylation sites is 2. The van der Waals surface area contributed by atoms with E-state index >= 15 is 0 Å². The van der Waals surface area contributed by atoms with Gasteiger partial charge in [0.25, 0.3) is 0 Å². The summed E-state index contributed by atoms with van der Waals surface area (Å²) in [6.45, 7) is 2.21. The van der Waals surface area contributed by atoms with Crippen molar-refractivity contribution in [2.75, 3.05) is 0 Å². The normalized spacial score (nSPS) is 19.1. The Morgan fingerprint density at radius 3 is 1.83 bits per heavy atom. The minimum Gasteiger partial charge on any atom is -0.440 e. The Kier molecular flexibility index (Phi) is 4.48. The molecule has 0 bridgehead atoms. The molecule has 0 radical (unpaired) electrons. The van der Waals surface area contributed by atoms with E-state index in [1.165, 1.54) is 55.6 Å². The van der Waals surface area contributed by atoms with Gasteiger partial charge in [-0.1, -0.05) is 115 Å². The van der Waals surface area contributed by atoms with E-state index in [-0.39, 0.29) is 10.8 Å². The zero-order valence-electron chi connectivity index (χ0n) is 22.8. The van der Waals surface area contributed by atoms with Crippen LogP contribution in [-0.4, -0.2) is 4.98 Å². The van der Waals surface area contributed by atoms with Gasteiger partial charge in [-0.2, -0.15) is 0 Å². The van der Waals surface area contributed by atoms with Crippen LogP contribution in [0.2, 0.25) is 0 Å². The molecule has 0 aliphatic heterocycles. The quantitative estimate of drug-likeness (QED) is 0.225. The van der Waals surface area contributed by atoms with Crippen LogP contribution >= 0.6 is 0 Å². The summed E-state index contributed by atoms with van der Waals surface area (Å²) in [5.74, 6) is 0.771. The molecule has 2 heteroatoms. The molecule has 0 fully saturated rings. The molecule has 3 aliphatic rings. The molecule has 6 aromatic rings. The third-order valence-corrected chi connectivity index (χ3v) is 9.49. The molecule has 1 atom stereocenters. The topological polar surface area (TPSA) is 26.0 Å². The van der Waals surface area contributed by atoms with Gasteiger partial charge in [0.15, 0.2) is 5.58 Å². The number of benzene rings is 5. The highest BCUT2D eigenvalue weighted by Crippen LogP contribution is 2.62. The van der Waals surface area contributed by atoms with Gasteiger partial charge in [0.1, 0.15) is 5.52 Å². The number of allylic oxidation sites excluding steroid dienone is 4. The number of hydrogen-bond donors (Lipinski definition) is 0. The van der Waals surface area contributed by atoms with Gasteiger partial charge in [0, 0.05) is 0 Å². The zero-order chi connectivity index (χ0) is 27.2. The molecular formula is C39H27NO. The van der Waals surface area contributed by atoms with Gasteiger partial charge >= 0.3 is 0 Å². The van der Waals surface area contributed by atoms with Crippen LogP contribution in [0.1, 0.15) is 47.1 Å². The van der Waals surface area contributed by atoms with Crippen molar-refractivity contribution in [2.24, 2.45) is 0 Å². The monoisotopic (exact) mass is 525 g/mol. The second-order valence-corrected chi connectivity index (χ2v) is 11.7. The van der Waals surface area contributed by atoms with Crippen LogP contribution in [0.5, 0.6) is 0 Å². The first-order chi connectivity index (χ1) is 20.2. The van der Waals surface area contributed by atoms with Gasteiger partial charge in [0.05, 0.1) is 10.8 Å². The molecule has 5 aromatic carbocycles. The fourth-order valence-electron chi connectivity index (χ4n) is 7.50. The third kappa shape index (κ3) is 2.94. The molecule has 1 unspecified atom stereocenters. The lowest BCUT2D eigenvalue weighted by Gasteiger charge is -2.31. The van der Waals surface area contributed by atoms with E-state index in [1.807, 2.05) is 24.3 Å². The van der Waals surface area contributed by atoms with Crippen molar-refractivity contribution in [3.63, 3.8) is 0 Å². The van der Waals surface area contributed by atoms with Gasteiger partial charge < -0.3 is 4.42 Å². The number of aromatic nitrogens is 1. The largest absolute Gasteiger partial charge is 0.440 e. The summed E-state index contributed by atoms with van der Waals surface area (Å²) in [7, 11) is 0. The lowest BCUT2D eigenvalue weighted by atomic mass is 9.70. The number of oxazole rings is 1. The van der Waals surface area contributed by atoms with E-state index in [2.05, 4.69) is 116 Å². The van der Waals surface area contributed by atoms with E-state index in [9.17, 15) is 0 Å². The van der Waals surface area contributed by atoms with Crippen LogP contribution in [0.3, 0.4) is 0 Å². The molecule has 0 N–H and O–H groups in total. The molecule has 0 saturated carbocycles. The SMILES string of the molecule is CC1(c2nc3ccccc3o2)C=CC(c2ccc3c(c2)C2(c4ccccc4-c4ccccc42)c2ccccc2-3)=CC1. The second-order valence-electron chi connectivity index (χ2n) is 11.7. The summed E-state index contributed by atoms with van der Waals surface area (Å²) >= 11 is 0. The van der Waals surface area contributed by atoms with Gasteiger partial charge in [-0.25, -0.2) is 4.98 Å². The highest BCUT2D eigenvalue weighted by molar-refractivity contribution is 5.95. The molecule has 1 spiro atoms. The highest BCUT2D eigenvalue weighted by atomic mass is 16.3. The summed E-state index contributed by atoms with van der Waals surface area (Å²) in [6, 6.07) is 42.0. The molecule has 1 heterocycles. The molecule has 41 heavy (non-hydrogen) atoms. The van der Waals surface area contributed by atoms with Gasteiger partial charge in [-0.15, -0.1) is 0 Å². The number of rotatable bonds is 2. The van der Waals surface area contributed by atoms with Crippen molar-refractivity contribution in [3.05, 3.63) is 167 Å². The molecule has 2 nitrogen and oxygen atoms in total. The lowest BCUT2D eigenvalue weighted by molar-refractivity contribution is 0.420. The Morgan fingerprint density at radius 1 is 0.634 bits per heavy atom. The van der Waals surface area contributed by atoms with Crippen LogP contribution in [0.25, 0.3) is 38.9 Å². The third-order valence-electron chi connectivity index (χ3n) is 9.49. The number of fused-ring (bicyclic) bond motifs is 11. The summed E-state index contributed by atoms with van der Waals surface area (Å²) in [6.07, 6.45) is 7.71. The Hall–Kier alpha value is -4.95. The van der Waals surface area contributed by atoms with E-state index in [1.54, 1.807) is 0 Å². The van der Waals surface area contributed by atoms with Crippen LogP contribution in [0, 0.1) is 0 Å². The van der Waals surface area contributed by atoms with Crippen LogP contribution in [-0.2, 0) is 10.8 Å². The van der Waals surface area contributed by atoms with Gasteiger partial charge in [-0.05, 0) is 87.2 Å². The summed E-state index contributed by atoms with van der Waals surface area (Å²) in [5.41, 5.74) is 14.5. The van der Waals surface area contributed by atoms with Crippen molar-refractivity contribution < 1.29 is 4.42 Å². The lowest BCUT2D eigenvalue weighted by Crippen LogP contribution is -2.26. The van der Waals surface area contributed by atoms with Crippen molar-refractivity contribution in [1.29, 1.82) is 0 Å². The predicted molar refractivity (Wildman–Crippen MR) is 166 cm³/mol. The van der Waals surface area contributed by atoms with Crippen molar-refractivity contribution in [1.82, 2.24) is 4.98 Å². The molecule has 0 saturated heterocycles. The minimum atomic E-state index is -0.319. The first-order valence-corrected chi connectivity index (χ1v) is 14.4. The average molecular weight is 526 g/mol. The van der Waals surface area contributed by atoms with E-state index < -0.39 is 0 Å². The van der Waals surface area contributed by atoms with Gasteiger partial charge in [-0.3, -0.25) is 0 Å². The fraction of sp³-hybridized carbons (Fsp3) is 0.103. The van der Waals surface area contributed by atoms with E-state index in [0.29, 0.717) is 0 Å². The van der Waals surface area contributed by atoms with Crippen LogP contribution in [0.15, 0.2) is 138 Å². The predicted octanol–water partition coefficient (Wildman–Crippen LogP) is 9.47. The Morgan fingerprint density at radius 2 is 1.22 bits per heavy atom. The Balaban J connectivity index is 1.20. The smallest absolute Gasteiger partial charge is 0.205 e. The van der Waals surface area contributed by atoms with E-state index in [4.69, 9.17) is 9.40 Å². The molecular weight excluding hydrogens is 498 g/mol. The fourth-order valence-corrected chi connectivity index (χ4v) is 7.50. The molecule has 9 rings (SSSR count). The van der Waals surface area contributed by atoms with E-state index in [0.717, 1.165) is 23.4 Å². The average Bonchev–Trinajstić information content (AvgIpc) is 3.69. The molecule has 1 aromatic heterocycles. The van der Waals surface area contributed by atoms with Crippen molar-refractivity contribution in [3.8, 4) is 22.3 Å². The number of hydrogen-bond acceptors (Lipinski definition) is 2. The molecule has 0 amide bonds. The standard InChI is InChI=1S/C39H27NO/c1-38(37-40-35-16-8-9-17-36(35)41-37)22-20-25(21-23-38)26-18-19-30-29-12-4-7-15-33(29)39(34(30)24-26)31-13-5-2-10-27(31)28-11-3-6-14-32(28)39/h2-22,24H,23H2,1H3. The number of nitrogens with zero attached hydrogens (tertiary/aromatic N) is 1. The molecule has 3 aliphatic carbocycles. The Labute approximate surface area is 239 Å². The van der Waals surface area contributed by atoms with Crippen LogP contribution < -0.4 is 0 Å². The maximum atomic E-state index is 6.19. The van der Waals surface area contributed by atoms with Gasteiger partial charge in [0.2, 0.25) is 5.89 Å². The first-order valence-electron chi connectivity index (χ1n) is 14.4. The maximum Gasteiger partial charge on any atom is 0.205 e. The summed E-state index contributed by atoms with van der Waals surface area (Å²) in [5, 5.41) is 0. The molecule has 194 valence electrons. The minimum absolute atomic E-state index is 0.278. The van der Waals surface area contributed by atoms with Crippen molar-refractivity contribution in [2.45, 2.75) is 24.2 Å². The summed E-state index contributed by atoms with van der Waals surface area (Å²) in [4.78, 5) is 4.82. The highest BCUT2D eigenvalue weighted by Gasteiger charge is 2.51. The second kappa shape index (κ2) is 8.05.